The zero-order valence-electron chi connectivity index (χ0n) is 12.2. The summed E-state index contributed by atoms with van der Waals surface area (Å²) < 4.78 is 0. The minimum atomic E-state index is -0.596. The first-order valence-electron chi connectivity index (χ1n) is 6.70. The first-order valence-corrected chi connectivity index (χ1v) is 7.08. The Kier molecular flexibility index (Phi) is 5.08. The van der Waals surface area contributed by atoms with Crippen molar-refractivity contribution in [3.05, 3.63) is 68.7 Å². The predicted octanol–water partition coefficient (Wildman–Crippen LogP) is 3.63. The summed E-state index contributed by atoms with van der Waals surface area (Å²) in [6, 6.07) is 10.7. The maximum Gasteiger partial charge on any atom is 0.293 e. The second-order valence-electron chi connectivity index (χ2n) is 4.90. The summed E-state index contributed by atoms with van der Waals surface area (Å²) in [5.74, 6) is -0.582. The minimum absolute atomic E-state index is 0.0167. The lowest BCUT2D eigenvalue weighted by molar-refractivity contribution is -0.384. The molecule has 0 aliphatic carbocycles. The molecular formula is C16H13ClN2O4. The van der Waals surface area contributed by atoms with Crippen molar-refractivity contribution in [3.63, 3.8) is 0 Å². The molecule has 0 saturated heterocycles. The molecule has 0 fully saturated rings. The van der Waals surface area contributed by atoms with Crippen molar-refractivity contribution in [1.29, 1.82) is 0 Å². The monoisotopic (exact) mass is 332 g/mol. The summed E-state index contributed by atoms with van der Waals surface area (Å²) in [4.78, 5) is 33.8. The number of benzene rings is 2. The van der Waals surface area contributed by atoms with E-state index in [4.69, 9.17) is 11.6 Å². The van der Waals surface area contributed by atoms with Crippen molar-refractivity contribution in [2.24, 2.45) is 0 Å². The summed E-state index contributed by atoms with van der Waals surface area (Å²) >= 11 is 5.77. The van der Waals surface area contributed by atoms with Gasteiger partial charge >= 0.3 is 0 Å². The molecule has 2 aromatic rings. The summed E-state index contributed by atoms with van der Waals surface area (Å²) in [6.45, 7) is 1.27. The molecule has 0 aliphatic rings. The van der Waals surface area contributed by atoms with E-state index in [1.165, 1.54) is 19.1 Å². The first kappa shape index (κ1) is 16.6. The van der Waals surface area contributed by atoms with Gasteiger partial charge in [-0.1, -0.05) is 17.7 Å². The number of carbonyl (C=O) groups is 2. The van der Waals surface area contributed by atoms with Crippen molar-refractivity contribution in [2.75, 3.05) is 5.32 Å². The minimum Gasteiger partial charge on any atom is -0.321 e. The van der Waals surface area contributed by atoms with Crippen LogP contribution in [0.3, 0.4) is 0 Å². The van der Waals surface area contributed by atoms with Crippen LogP contribution in [0.15, 0.2) is 42.5 Å². The van der Waals surface area contributed by atoms with Gasteiger partial charge in [0.1, 0.15) is 5.69 Å². The van der Waals surface area contributed by atoms with Crippen LogP contribution in [0.5, 0.6) is 0 Å². The number of ketones is 1. The van der Waals surface area contributed by atoms with E-state index in [2.05, 4.69) is 5.32 Å². The number of halogens is 1. The normalized spacial score (nSPS) is 10.2. The number of rotatable bonds is 5. The maximum atomic E-state index is 12.2. The molecule has 0 aromatic heterocycles. The summed E-state index contributed by atoms with van der Waals surface area (Å²) in [7, 11) is 0. The Bertz CT molecular complexity index is 772. The number of nitrogens with one attached hydrogen (secondary N) is 1. The van der Waals surface area contributed by atoms with Crippen LogP contribution in [0.1, 0.15) is 22.8 Å². The van der Waals surface area contributed by atoms with Gasteiger partial charge in [0.2, 0.25) is 5.91 Å². The Hall–Kier alpha value is -2.73. The molecule has 23 heavy (non-hydrogen) atoms. The predicted molar refractivity (Wildman–Crippen MR) is 86.9 cm³/mol. The number of nitro benzene ring substituents is 1. The van der Waals surface area contributed by atoms with Crippen molar-refractivity contribution in [1.82, 2.24) is 0 Å². The highest BCUT2D eigenvalue weighted by atomic mass is 35.5. The van der Waals surface area contributed by atoms with Gasteiger partial charge in [0.15, 0.2) is 5.78 Å². The van der Waals surface area contributed by atoms with Crippen LogP contribution >= 0.6 is 11.6 Å². The van der Waals surface area contributed by atoms with Gasteiger partial charge in [-0.2, -0.15) is 0 Å². The van der Waals surface area contributed by atoms with E-state index in [1.807, 2.05) is 0 Å². The van der Waals surface area contributed by atoms with Crippen molar-refractivity contribution < 1.29 is 14.5 Å². The highest BCUT2D eigenvalue weighted by Gasteiger charge is 2.17. The third kappa shape index (κ3) is 4.37. The lowest BCUT2D eigenvalue weighted by Gasteiger charge is -2.06. The number of nitro groups is 1. The van der Waals surface area contributed by atoms with E-state index < -0.39 is 10.8 Å². The summed E-state index contributed by atoms with van der Waals surface area (Å²) in [5.41, 5.74) is 0.820. The number of hydrogen-bond donors (Lipinski definition) is 1. The van der Waals surface area contributed by atoms with E-state index in [-0.39, 0.29) is 23.6 Å². The maximum absolute atomic E-state index is 12.2. The van der Waals surface area contributed by atoms with Gasteiger partial charge in [-0.05, 0) is 35.9 Å². The van der Waals surface area contributed by atoms with Gasteiger partial charge in [-0.3, -0.25) is 19.7 Å². The number of hydrogen-bond acceptors (Lipinski definition) is 4. The fourth-order valence-corrected chi connectivity index (χ4v) is 2.18. The molecule has 1 amide bonds. The Balaban J connectivity index is 2.24. The lowest BCUT2D eigenvalue weighted by Crippen LogP contribution is -2.09. The van der Waals surface area contributed by atoms with Crippen molar-refractivity contribution in [2.45, 2.75) is 13.3 Å². The second kappa shape index (κ2) is 7.02. The fraction of sp³-hybridized carbons (Fsp3) is 0.125. The van der Waals surface area contributed by atoms with E-state index in [1.54, 1.807) is 30.3 Å². The standard InChI is InChI=1S/C16H13ClN2O4/c1-10(20)18-14-7-2-11(8-15(14)19(22)23)9-16(21)12-3-5-13(17)6-4-12/h2-8H,9H2,1H3,(H,18,20). The molecule has 7 heteroatoms. The van der Waals surface area contributed by atoms with Crippen LogP contribution in [-0.4, -0.2) is 16.6 Å². The third-order valence-electron chi connectivity index (χ3n) is 3.10. The molecule has 1 N–H and O–H groups in total. The quantitative estimate of drug-likeness (QED) is 0.514. The Labute approximate surface area is 137 Å². The van der Waals surface area contributed by atoms with Gasteiger partial charge in [-0.15, -0.1) is 0 Å². The Morgan fingerprint density at radius 3 is 2.39 bits per heavy atom. The highest BCUT2D eigenvalue weighted by molar-refractivity contribution is 6.30. The molecule has 2 rings (SSSR count). The van der Waals surface area contributed by atoms with Gasteiger partial charge in [0, 0.05) is 30.0 Å². The summed E-state index contributed by atoms with van der Waals surface area (Å²) in [5, 5.41) is 14.0. The second-order valence-corrected chi connectivity index (χ2v) is 5.33. The average Bonchev–Trinajstić information content (AvgIpc) is 2.48. The van der Waals surface area contributed by atoms with E-state index >= 15 is 0 Å². The largest absolute Gasteiger partial charge is 0.321 e. The van der Waals surface area contributed by atoms with Crippen LogP contribution in [0.25, 0.3) is 0 Å². The van der Waals surface area contributed by atoms with Crippen LogP contribution < -0.4 is 5.32 Å². The SMILES string of the molecule is CC(=O)Nc1ccc(CC(=O)c2ccc(Cl)cc2)cc1[N+](=O)[O-]. The highest BCUT2D eigenvalue weighted by Crippen LogP contribution is 2.26. The van der Waals surface area contributed by atoms with Crippen LogP contribution in [-0.2, 0) is 11.2 Å². The van der Waals surface area contributed by atoms with E-state index in [9.17, 15) is 19.7 Å². The molecule has 0 bridgehead atoms. The molecule has 0 saturated carbocycles. The number of anilines is 1. The number of Topliss-reactive ketones (excluding diaryl/α,β-unsaturated/α-hetero) is 1. The molecule has 0 unspecified atom stereocenters. The zero-order valence-corrected chi connectivity index (χ0v) is 13.0. The van der Waals surface area contributed by atoms with Crippen molar-refractivity contribution in [3.8, 4) is 0 Å². The van der Waals surface area contributed by atoms with Crippen molar-refractivity contribution >= 4 is 34.7 Å². The Morgan fingerprint density at radius 1 is 1.17 bits per heavy atom. The third-order valence-corrected chi connectivity index (χ3v) is 3.35. The van der Waals surface area contributed by atoms with Gasteiger partial charge in [-0.25, -0.2) is 0 Å². The molecule has 2 aromatic carbocycles. The van der Waals surface area contributed by atoms with Crippen LogP contribution in [0.4, 0.5) is 11.4 Å². The summed E-state index contributed by atoms with van der Waals surface area (Å²) in [6.07, 6.45) is 0.0167. The molecule has 0 spiro atoms. The van der Waals surface area contributed by atoms with E-state index in [0.717, 1.165) is 0 Å². The average molecular weight is 333 g/mol. The van der Waals surface area contributed by atoms with Crippen LogP contribution in [0.2, 0.25) is 5.02 Å². The molecule has 0 heterocycles. The smallest absolute Gasteiger partial charge is 0.293 e. The van der Waals surface area contributed by atoms with E-state index in [0.29, 0.717) is 16.1 Å². The Morgan fingerprint density at radius 2 is 1.83 bits per heavy atom. The first-order chi connectivity index (χ1) is 10.9. The molecule has 118 valence electrons. The molecule has 0 atom stereocenters. The number of carbonyl (C=O) groups excluding carboxylic acids is 2. The zero-order chi connectivity index (χ0) is 17.0. The van der Waals surface area contributed by atoms with Gasteiger partial charge in [0.25, 0.3) is 5.69 Å². The topological polar surface area (TPSA) is 89.3 Å². The fourth-order valence-electron chi connectivity index (χ4n) is 2.06. The molecular weight excluding hydrogens is 320 g/mol. The lowest BCUT2D eigenvalue weighted by atomic mass is 10.0. The molecule has 0 radical (unpaired) electrons. The van der Waals surface area contributed by atoms with Gasteiger partial charge in [0.05, 0.1) is 4.92 Å². The molecule has 6 nitrogen and oxygen atoms in total. The number of nitrogens with zero attached hydrogens (tertiary/aromatic N) is 1. The van der Waals surface area contributed by atoms with Gasteiger partial charge < -0.3 is 5.32 Å². The number of amides is 1. The van der Waals surface area contributed by atoms with Crippen LogP contribution in [0, 0.1) is 10.1 Å². The molecule has 0 aliphatic heterocycles.